The van der Waals surface area contributed by atoms with Crippen LogP contribution in [0.5, 0.6) is 0 Å². The summed E-state index contributed by atoms with van der Waals surface area (Å²) in [7, 11) is 0. The van der Waals surface area contributed by atoms with Crippen LogP contribution in [0.3, 0.4) is 0 Å². The predicted molar refractivity (Wildman–Crippen MR) is 142 cm³/mol. The number of halogens is 1. The maximum atomic E-state index is 14.0. The molecule has 0 saturated heterocycles. The van der Waals surface area contributed by atoms with Gasteiger partial charge in [0.25, 0.3) is 5.91 Å². The number of rotatable bonds is 8. The largest absolute Gasteiger partial charge is 0.369 e. The quantitative estimate of drug-likeness (QED) is 0.351. The molecule has 1 aliphatic heterocycles. The Hall–Kier alpha value is -4.36. The molecule has 0 atom stereocenters. The van der Waals surface area contributed by atoms with Crippen LogP contribution in [0.25, 0.3) is 0 Å². The SMILES string of the molecule is NC1=NC(c2ccccc2)(c2ccccc2)C(=O)N1Cc1ccc(Cl)c(C(=O)CCc2cnccn2)c1. The zero-order chi connectivity index (χ0) is 25.8. The van der Waals surface area contributed by atoms with E-state index in [1.165, 1.54) is 4.90 Å². The molecule has 0 aliphatic carbocycles. The van der Waals surface area contributed by atoms with Gasteiger partial charge in [0, 0.05) is 30.6 Å². The highest BCUT2D eigenvalue weighted by molar-refractivity contribution is 6.34. The molecular formula is C29H24ClN5O2. The van der Waals surface area contributed by atoms with Gasteiger partial charge in [0.15, 0.2) is 17.3 Å². The first-order chi connectivity index (χ1) is 18.0. The smallest absolute Gasteiger partial charge is 0.266 e. The Balaban J connectivity index is 1.42. The van der Waals surface area contributed by atoms with Gasteiger partial charge in [-0.2, -0.15) is 0 Å². The van der Waals surface area contributed by atoms with E-state index in [1.54, 1.807) is 36.8 Å². The number of nitrogens with two attached hydrogens (primary N) is 1. The molecule has 4 aromatic rings. The van der Waals surface area contributed by atoms with Crippen LogP contribution in [0.1, 0.15) is 39.2 Å². The summed E-state index contributed by atoms with van der Waals surface area (Å²) in [5, 5.41) is 0.352. The molecule has 1 aliphatic rings. The van der Waals surface area contributed by atoms with Crippen LogP contribution in [0.2, 0.25) is 5.02 Å². The summed E-state index contributed by atoms with van der Waals surface area (Å²) >= 11 is 6.37. The summed E-state index contributed by atoms with van der Waals surface area (Å²) in [6.07, 6.45) is 5.51. The zero-order valence-electron chi connectivity index (χ0n) is 19.9. The average molecular weight is 510 g/mol. The highest BCUT2D eigenvalue weighted by Crippen LogP contribution is 2.40. The van der Waals surface area contributed by atoms with E-state index in [4.69, 9.17) is 22.3 Å². The van der Waals surface area contributed by atoms with E-state index in [9.17, 15) is 9.59 Å². The Labute approximate surface area is 219 Å². The van der Waals surface area contributed by atoms with E-state index in [1.807, 2.05) is 60.7 Å². The van der Waals surface area contributed by atoms with Crippen LogP contribution in [0.15, 0.2) is 102 Å². The van der Waals surface area contributed by atoms with Crippen molar-refractivity contribution >= 4 is 29.3 Å². The fourth-order valence-corrected chi connectivity index (χ4v) is 4.76. The van der Waals surface area contributed by atoms with Crippen molar-refractivity contribution in [1.29, 1.82) is 0 Å². The minimum atomic E-state index is -1.28. The number of amides is 1. The van der Waals surface area contributed by atoms with Gasteiger partial charge in [-0.3, -0.25) is 24.5 Å². The summed E-state index contributed by atoms with van der Waals surface area (Å²) in [4.78, 5) is 41.4. The van der Waals surface area contributed by atoms with Crippen LogP contribution in [0, 0.1) is 0 Å². The van der Waals surface area contributed by atoms with Gasteiger partial charge in [-0.15, -0.1) is 0 Å². The van der Waals surface area contributed by atoms with Gasteiger partial charge in [0.1, 0.15) is 0 Å². The lowest BCUT2D eigenvalue weighted by Gasteiger charge is -2.27. The molecule has 0 radical (unpaired) electrons. The van der Waals surface area contributed by atoms with Crippen molar-refractivity contribution in [2.45, 2.75) is 24.9 Å². The second-order valence-corrected chi connectivity index (χ2v) is 9.15. The number of aromatic nitrogens is 2. The Morgan fingerprint density at radius 1 is 0.946 bits per heavy atom. The Bertz CT molecular complexity index is 1420. The molecule has 37 heavy (non-hydrogen) atoms. The third-order valence-corrected chi connectivity index (χ3v) is 6.72. The maximum absolute atomic E-state index is 14.0. The Kier molecular flexibility index (Phi) is 6.79. The molecule has 2 N–H and O–H groups in total. The molecule has 0 spiro atoms. The van der Waals surface area contributed by atoms with Crippen LogP contribution >= 0.6 is 11.6 Å². The van der Waals surface area contributed by atoms with Crippen LogP contribution in [0.4, 0.5) is 0 Å². The third kappa shape index (κ3) is 4.73. The molecule has 5 rings (SSSR count). The molecule has 0 saturated carbocycles. The van der Waals surface area contributed by atoms with Crippen molar-refractivity contribution in [3.63, 3.8) is 0 Å². The lowest BCUT2D eigenvalue weighted by Crippen LogP contribution is -2.43. The number of guanidine groups is 1. The van der Waals surface area contributed by atoms with E-state index in [0.717, 1.165) is 22.4 Å². The van der Waals surface area contributed by atoms with Gasteiger partial charge < -0.3 is 5.73 Å². The van der Waals surface area contributed by atoms with Gasteiger partial charge in [0.05, 0.1) is 17.3 Å². The lowest BCUT2D eigenvalue weighted by molar-refractivity contribution is -0.130. The molecule has 0 bridgehead atoms. The number of benzene rings is 3. The van der Waals surface area contributed by atoms with Crippen molar-refractivity contribution < 1.29 is 9.59 Å². The minimum absolute atomic E-state index is 0.114. The van der Waals surface area contributed by atoms with Crippen molar-refractivity contribution in [1.82, 2.24) is 14.9 Å². The first-order valence-corrected chi connectivity index (χ1v) is 12.2. The molecule has 3 aromatic carbocycles. The number of Topliss-reactive ketones (excluding diaryl/α,β-unsaturated/α-hetero) is 1. The number of carbonyl (C=O) groups is 2. The summed E-state index contributed by atoms with van der Waals surface area (Å²) in [5.74, 6) is -0.258. The molecule has 0 fully saturated rings. The normalized spacial score (nSPS) is 14.5. The van der Waals surface area contributed by atoms with Crippen molar-refractivity contribution in [3.8, 4) is 0 Å². The Morgan fingerprint density at radius 3 is 2.24 bits per heavy atom. The summed E-state index contributed by atoms with van der Waals surface area (Å²) in [6.45, 7) is 0.150. The van der Waals surface area contributed by atoms with Crippen LogP contribution < -0.4 is 5.73 Å². The number of aryl methyl sites for hydroxylation is 1. The maximum Gasteiger partial charge on any atom is 0.266 e. The van der Waals surface area contributed by atoms with Gasteiger partial charge in [-0.1, -0.05) is 78.3 Å². The standard InChI is InChI=1S/C29H24ClN5O2/c30-25-13-11-20(17-24(25)26(36)14-12-23-18-32-15-16-33-23)19-35-27(37)29(34-28(35)31,21-7-3-1-4-8-21)22-9-5-2-6-10-22/h1-11,13,15-18H,12,14,19H2,(H2,31,34). The number of nitrogens with zero attached hydrogens (tertiary/aromatic N) is 4. The van der Waals surface area contributed by atoms with Crippen LogP contribution in [-0.4, -0.2) is 32.5 Å². The molecule has 184 valence electrons. The van der Waals surface area contributed by atoms with Crippen LogP contribution in [-0.2, 0) is 23.3 Å². The highest BCUT2D eigenvalue weighted by atomic mass is 35.5. The highest BCUT2D eigenvalue weighted by Gasteiger charge is 2.50. The number of hydrogen-bond donors (Lipinski definition) is 1. The van der Waals surface area contributed by atoms with Crippen molar-refractivity contribution in [3.05, 3.63) is 130 Å². The number of aliphatic imine (C=N–C) groups is 1. The molecule has 1 amide bonds. The first-order valence-electron chi connectivity index (χ1n) is 11.8. The van der Waals surface area contributed by atoms with Gasteiger partial charge in [-0.05, 0) is 35.2 Å². The first kappa shape index (κ1) is 24.3. The molecular weight excluding hydrogens is 486 g/mol. The number of hydrogen-bond acceptors (Lipinski definition) is 6. The number of ketones is 1. The molecule has 8 heteroatoms. The predicted octanol–water partition coefficient (Wildman–Crippen LogP) is 4.55. The van der Waals surface area contributed by atoms with E-state index in [-0.39, 0.29) is 30.6 Å². The summed E-state index contributed by atoms with van der Waals surface area (Å²) < 4.78 is 0. The van der Waals surface area contributed by atoms with E-state index in [0.29, 0.717) is 17.0 Å². The second kappa shape index (κ2) is 10.3. The molecule has 1 aromatic heterocycles. The van der Waals surface area contributed by atoms with Crippen molar-refractivity contribution in [2.75, 3.05) is 0 Å². The molecule has 7 nitrogen and oxygen atoms in total. The molecule has 2 heterocycles. The third-order valence-electron chi connectivity index (χ3n) is 6.39. The fraction of sp³-hybridized carbons (Fsp3) is 0.138. The zero-order valence-corrected chi connectivity index (χ0v) is 20.7. The Morgan fingerprint density at radius 2 is 1.62 bits per heavy atom. The second-order valence-electron chi connectivity index (χ2n) is 8.74. The van der Waals surface area contributed by atoms with E-state index < -0.39 is 5.54 Å². The molecule has 0 unspecified atom stereocenters. The van der Waals surface area contributed by atoms with Gasteiger partial charge in [-0.25, -0.2) is 4.99 Å². The summed E-state index contributed by atoms with van der Waals surface area (Å²) in [6, 6.07) is 24.0. The monoisotopic (exact) mass is 509 g/mol. The van der Waals surface area contributed by atoms with E-state index >= 15 is 0 Å². The topological polar surface area (TPSA) is 102 Å². The lowest BCUT2D eigenvalue weighted by atomic mass is 9.83. The fourth-order valence-electron chi connectivity index (χ4n) is 4.54. The number of carbonyl (C=O) groups excluding carboxylic acids is 2. The van der Waals surface area contributed by atoms with E-state index in [2.05, 4.69) is 9.97 Å². The van der Waals surface area contributed by atoms with Gasteiger partial charge in [0.2, 0.25) is 0 Å². The summed E-state index contributed by atoms with van der Waals surface area (Å²) in [5.41, 5.74) is 8.37. The van der Waals surface area contributed by atoms with Crippen molar-refractivity contribution in [2.24, 2.45) is 10.7 Å². The minimum Gasteiger partial charge on any atom is -0.369 e. The average Bonchev–Trinajstić information content (AvgIpc) is 3.20. The van der Waals surface area contributed by atoms with Gasteiger partial charge >= 0.3 is 0 Å².